The molecule has 6 nitrogen and oxygen atoms in total. The molecule has 0 fully saturated rings. The topological polar surface area (TPSA) is 78.9 Å². The van der Waals surface area contributed by atoms with E-state index in [0.29, 0.717) is 45.1 Å². The maximum Gasteiger partial charge on any atom is 0.303 e. The van der Waals surface area contributed by atoms with Crippen LogP contribution in [0.3, 0.4) is 0 Å². The smallest absolute Gasteiger partial charge is 0.303 e. The van der Waals surface area contributed by atoms with Crippen molar-refractivity contribution in [1.82, 2.24) is 10.2 Å². The second kappa shape index (κ2) is 12.4. The molecule has 33 heavy (non-hydrogen) atoms. The fraction of sp³-hybridized carbons (Fsp3) is 0.481. The van der Waals surface area contributed by atoms with E-state index in [1.165, 1.54) is 5.56 Å². The molecule has 6 heteroatoms. The zero-order valence-electron chi connectivity index (χ0n) is 19.8. The Morgan fingerprint density at radius 2 is 1.82 bits per heavy atom. The summed E-state index contributed by atoms with van der Waals surface area (Å²) >= 11 is 0. The molecule has 2 aromatic carbocycles. The Morgan fingerprint density at radius 3 is 2.55 bits per heavy atom. The van der Waals surface area contributed by atoms with Crippen molar-refractivity contribution in [2.45, 2.75) is 65.0 Å². The maximum atomic E-state index is 12.6. The Balaban J connectivity index is 1.85. The summed E-state index contributed by atoms with van der Waals surface area (Å²) in [5.74, 6) is 0.508. The van der Waals surface area contributed by atoms with Crippen LogP contribution < -0.4 is 10.1 Å². The third-order valence-corrected chi connectivity index (χ3v) is 5.97. The summed E-state index contributed by atoms with van der Waals surface area (Å²) in [6.45, 7) is 7.16. The number of amides is 1. The van der Waals surface area contributed by atoms with Gasteiger partial charge in [0.25, 0.3) is 0 Å². The van der Waals surface area contributed by atoms with Crippen LogP contribution in [0.25, 0.3) is 0 Å². The summed E-state index contributed by atoms with van der Waals surface area (Å²) in [6.07, 6.45) is 3.43. The molecule has 0 unspecified atom stereocenters. The highest BCUT2D eigenvalue weighted by Gasteiger charge is 2.16. The predicted molar refractivity (Wildman–Crippen MR) is 129 cm³/mol. The Hall–Kier alpha value is -2.86. The standard InChI is InChI=1S/C27H36N2O4/c1-20(2)23-10-6-22(7-11-23)17-29-18-24-16-21(9-13-27(31)32)8-12-25(24)33-15-5-3-4-14-28-26(30)19-29/h6-8,10-12,16,20H,3-5,9,13-15,17-19H2,1-2H3,(H,28,30)(H,31,32). The van der Waals surface area contributed by atoms with Crippen molar-refractivity contribution in [3.8, 4) is 5.75 Å². The lowest BCUT2D eigenvalue weighted by molar-refractivity contribution is -0.137. The molecule has 1 aliphatic rings. The van der Waals surface area contributed by atoms with Crippen molar-refractivity contribution in [3.63, 3.8) is 0 Å². The predicted octanol–water partition coefficient (Wildman–Crippen LogP) is 4.51. The zero-order chi connectivity index (χ0) is 23.6. The summed E-state index contributed by atoms with van der Waals surface area (Å²) in [5, 5.41) is 12.1. The van der Waals surface area contributed by atoms with Gasteiger partial charge in [0, 0.05) is 31.6 Å². The zero-order valence-corrected chi connectivity index (χ0v) is 19.8. The van der Waals surface area contributed by atoms with E-state index in [4.69, 9.17) is 9.84 Å². The molecule has 0 atom stereocenters. The fourth-order valence-electron chi connectivity index (χ4n) is 4.05. The van der Waals surface area contributed by atoms with Gasteiger partial charge >= 0.3 is 5.97 Å². The van der Waals surface area contributed by atoms with Crippen LogP contribution >= 0.6 is 0 Å². The summed E-state index contributed by atoms with van der Waals surface area (Å²) in [7, 11) is 0. The van der Waals surface area contributed by atoms with Crippen molar-refractivity contribution >= 4 is 11.9 Å². The highest BCUT2D eigenvalue weighted by molar-refractivity contribution is 5.78. The summed E-state index contributed by atoms with van der Waals surface area (Å²) in [6, 6.07) is 14.5. The largest absolute Gasteiger partial charge is 0.493 e. The van der Waals surface area contributed by atoms with Crippen molar-refractivity contribution in [2.75, 3.05) is 19.7 Å². The number of hydrogen-bond donors (Lipinski definition) is 2. The minimum Gasteiger partial charge on any atom is -0.493 e. The van der Waals surface area contributed by atoms with E-state index in [-0.39, 0.29) is 12.3 Å². The van der Waals surface area contributed by atoms with Crippen LogP contribution in [0.15, 0.2) is 42.5 Å². The molecule has 1 heterocycles. The summed E-state index contributed by atoms with van der Waals surface area (Å²) in [5.41, 5.74) is 4.41. The van der Waals surface area contributed by atoms with E-state index < -0.39 is 5.97 Å². The monoisotopic (exact) mass is 452 g/mol. The number of carboxylic acids is 1. The minimum absolute atomic E-state index is 0.0255. The third kappa shape index (κ3) is 8.21. The Morgan fingerprint density at radius 1 is 1.06 bits per heavy atom. The van der Waals surface area contributed by atoms with Gasteiger partial charge in [0.05, 0.1) is 13.2 Å². The lowest BCUT2D eigenvalue weighted by Gasteiger charge is -2.24. The molecule has 2 N–H and O–H groups in total. The van der Waals surface area contributed by atoms with Crippen molar-refractivity contribution in [2.24, 2.45) is 0 Å². The quantitative estimate of drug-likeness (QED) is 0.674. The van der Waals surface area contributed by atoms with Crippen LogP contribution in [-0.2, 0) is 29.1 Å². The van der Waals surface area contributed by atoms with Gasteiger partial charge in [0.2, 0.25) is 5.91 Å². The van der Waals surface area contributed by atoms with Gasteiger partial charge in [-0.3, -0.25) is 14.5 Å². The Bertz CT molecular complexity index is 924. The van der Waals surface area contributed by atoms with Gasteiger partial charge in [-0.1, -0.05) is 50.2 Å². The SMILES string of the molecule is CC(C)c1ccc(CN2CC(=O)NCCCCCOc3ccc(CCC(=O)O)cc3C2)cc1. The van der Waals surface area contributed by atoms with Gasteiger partial charge in [-0.2, -0.15) is 0 Å². The maximum absolute atomic E-state index is 12.6. The molecule has 0 aromatic heterocycles. The molecule has 1 aliphatic heterocycles. The number of ether oxygens (including phenoxy) is 1. The molecule has 3 rings (SSSR count). The first kappa shape index (κ1) is 24.8. The average molecular weight is 453 g/mol. The molecule has 0 radical (unpaired) electrons. The van der Waals surface area contributed by atoms with Crippen LogP contribution in [-0.4, -0.2) is 41.6 Å². The number of aryl methyl sites for hydroxylation is 1. The van der Waals surface area contributed by atoms with Crippen LogP contribution in [0, 0.1) is 0 Å². The van der Waals surface area contributed by atoms with E-state index in [1.54, 1.807) is 0 Å². The highest BCUT2D eigenvalue weighted by atomic mass is 16.5. The number of rotatable bonds is 6. The molecule has 0 aliphatic carbocycles. The van der Waals surface area contributed by atoms with Gasteiger partial charge in [-0.25, -0.2) is 0 Å². The molecule has 0 bridgehead atoms. The fourth-order valence-corrected chi connectivity index (χ4v) is 4.05. The molecule has 2 aromatic rings. The number of hydrogen-bond acceptors (Lipinski definition) is 4. The van der Waals surface area contributed by atoms with E-state index in [1.807, 2.05) is 18.2 Å². The number of fused-ring (bicyclic) bond motifs is 1. The first-order valence-electron chi connectivity index (χ1n) is 11.9. The number of carbonyl (C=O) groups is 2. The summed E-state index contributed by atoms with van der Waals surface area (Å²) in [4.78, 5) is 25.8. The third-order valence-electron chi connectivity index (χ3n) is 5.97. The number of carboxylic acid groups (broad SMARTS) is 1. The van der Waals surface area contributed by atoms with Gasteiger partial charge in [0.15, 0.2) is 0 Å². The number of aliphatic carboxylic acids is 1. The van der Waals surface area contributed by atoms with Crippen LogP contribution in [0.4, 0.5) is 0 Å². The van der Waals surface area contributed by atoms with Crippen molar-refractivity contribution in [1.29, 1.82) is 0 Å². The average Bonchev–Trinajstić information content (AvgIpc) is 2.79. The van der Waals surface area contributed by atoms with Crippen LogP contribution in [0.5, 0.6) is 5.75 Å². The van der Waals surface area contributed by atoms with Crippen molar-refractivity contribution in [3.05, 3.63) is 64.7 Å². The number of carbonyl (C=O) groups excluding carboxylic acids is 1. The molecule has 178 valence electrons. The van der Waals surface area contributed by atoms with E-state index in [0.717, 1.165) is 41.7 Å². The second-order valence-electron chi connectivity index (χ2n) is 9.14. The van der Waals surface area contributed by atoms with Crippen LogP contribution in [0.2, 0.25) is 0 Å². The molecular weight excluding hydrogens is 416 g/mol. The van der Waals surface area contributed by atoms with Crippen molar-refractivity contribution < 1.29 is 19.4 Å². The van der Waals surface area contributed by atoms with E-state index in [9.17, 15) is 9.59 Å². The van der Waals surface area contributed by atoms with E-state index >= 15 is 0 Å². The van der Waals surface area contributed by atoms with Gasteiger partial charge in [-0.15, -0.1) is 0 Å². The van der Waals surface area contributed by atoms with Gasteiger partial charge < -0.3 is 15.2 Å². The lowest BCUT2D eigenvalue weighted by atomic mass is 10.0. The Labute approximate surface area is 196 Å². The second-order valence-corrected chi connectivity index (χ2v) is 9.14. The highest BCUT2D eigenvalue weighted by Crippen LogP contribution is 2.25. The minimum atomic E-state index is -0.807. The van der Waals surface area contributed by atoms with Gasteiger partial charge in [-0.05, 0) is 54.4 Å². The normalized spacial score (nSPS) is 16.0. The first-order valence-corrected chi connectivity index (χ1v) is 11.9. The molecule has 0 spiro atoms. The molecule has 0 saturated carbocycles. The molecule has 1 amide bonds. The van der Waals surface area contributed by atoms with Crippen LogP contribution in [0.1, 0.15) is 67.7 Å². The first-order chi connectivity index (χ1) is 15.9. The lowest BCUT2D eigenvalue weighted by Crippen LogP contribution is -2.37. The molecular formula is C27H36N2O4. The van der Waals surface area contributed by atoms with E-state index in [2.05, 4.69) is 48.3 Å². The summed E-state index contributed by atoms with van der Waals surface area (Å²) < 4.78 is 6.10. The number of benzene rings is 2. The molecule has 0 saturated heterocycles. The number of nitrogens with zero attached hydrogens (tertiary/aromatic N) is 1. The number of nitrogens with one attached hydrogen (secondary N) is 1. The van der Waals surface area contributed by atoms with Gasteiger partial charge in [0.1, 0.15) is 5.75 Å². The Kier molecular flexibility index (Phi) is 9.31.